The number of pyridine rings is 1. The second-order valence-corrected chi connectivity index (χ2v) is 9.78. The van der Waals surface area contributed by atoms with Crippen LogP contribution < -0.4 is 10.1 Å². The number of furan rings is 1. The van der Waals surface area contributed by atoms with E-state index < -0.39 is 15.9 Å². The van der Waals surface area contributed by atoms with E-state index >= 15 is 0 Å². The van der Waals surface area contributed by atoms with Crippen molar-refractivity contribution in [3.05, 3.63) is 53.9 Å². The fraction of sp³-hybridized carbons (Fsp3) is 0.292. The van der Waals surface area contributed by atoms with Gasteiger partial charge in [-0.25, -0.2) is 13.4 Å². The first-order valence-corrected chi connectivity index (χ1v) is 12.5. The van der Waals surface area contributed by atoms with E-state index in [4.69, 9.17) is 9.15 Å². The zero-order valence-electron chi connectivity index (χ0n) is 20.2. The van der Waals surface area contributed by atoms with E-state index in [0.717, 1.165) is 0 Å². The van der Waals surface area contributed by atoms with Crippen LogP contribution in [0.15, 0.2) is 52.0 Å². The summed E-state index contributed by atoms with van der Waals surface area (Å²) in [5.74, 6) is 0.373. The zero-order chi connectivity index (χ0) is 25.3. The van der Waals surface area contributed by atoms with Crippen LogP contribution >= 0.6 is 0 Å². The molecule has 0 aliphatic rings. The molecule has 11 heteroatoms. The van der Waals surface area contributed by atoms with Gasteiger partial charge in [-0.2, -0.15) is 9.40 Å². The number of anilines is 1. The summed E-state index contributed by atoms with van der Waals surface area (Å²) in [4.78, 5) is 18.2. The summed E-state index contributed by atoms with van der Waals surface area (Å²) in [6, 6.07) is 9.52. The van der Waals surface area contributed by atoms with Crippen LogP contribution in [0.1, 0.15) is 29.9 Å². The summed E-state index contributed by atoms with van der Waals surface area (Å²) < 4.78 is 39.9. The second-order valence-electron chi connectivity index (χ2n) is 7.85. The number of methoxy groups -OCH3 is 1. The molecule has 0 fully saturated rings. The van der Waals surface area contributed by atoms with Crippen molar-refractivity contribution < 1.29 is 22.4 Å². The summed E-state index contributed by atoms with van der Waals surface area (Å²) in [5.41, 5.74) is 2.19. The Balaban J connectivity index is 1.81. The number of ether oxygens (including phenoxy) is 1. The first-order chi connectivity index (χ1) is 16.7. The van der Waals surface area contributed by atoms with E-state index in [-0.39, 0.29) is 10.6 Å². The predicted molar refractivity (Wildman–Crippen MR) is 132 cm³/mol. The van der Waals surface area contributed by atoms with Gasteiger partial charge in [0.05, 0.1) is 40.6 Å². The maximum atomic E-state index is 13.6. The Labute approximate surface area is 203 Å². The van der Waals surface area contributed by atoms with Gasteiger partial charge in [-0.15, -0.1) is 0 Å². The van der Waals surface area contributed by atoms with E-state index in [1.54, 1.807) is 50.7 Å². The monoisotopic (exact) mass is 497 g/mol. The highest BCUT2D eigenvalue weighted by Gasteiger charge is 2.25. The minimum atomic E-state index is -3.73. The van der Waals surface area contributed by atoms with Crippen molar-refractivity contribution in [2.45, 2.75) is 25.7 Å². The Kier molecular flexibility index (Phi) is 6.64. The van der Waals surface area contributed by atoms with Crippen LogP contribution in [0, 0.1) is 6.92 Å². The number of sulfonamides is 1. The largest absolute Gasteiger partial charge is 0.495 e. The lowest BCUT2D eigenvalue weighted by molar-refractivity contribution is 0.102. The highest BCUT2D eigenvalue weighted by atomic mass is 32.2. The number of nitrogens with zero attached hydrogens (tertiary/aromatic N) is 4. The van der Waals surface area contributed by atoms with Gasteiger partial charge in [0.25, 0.3) is 5.91 Å². The molecule has 35 heavy (non-hydrogen) atoms. The lowest BCUT2D eigenvalue weighted by atomic mass is 10.1. The first-order valence-electron chi connectivity index (χ1n) is 11.1. The predicted octanol–water partition coefficient (Wildman–Crippen LogP) is 3.83. The van der Waals surface area contributed by atoms with Crippen LogP contribution in [0.3, 0.4) is 0 Å². The van der Waals surface area contributed by atoms with Crippen LogP contribution in [-0.2, 0) is 17.1 Å². The number of aromatic nitrogens is 3. The van der Waals surface area contributed by atoms with Gasteiger partial charge in [0, 0.05) is 20.1 Å². The van der Waals surface area contributed by atoms with Gasteiger partial charge in [-0.3, -0.25) is 9.48 Å². The van der Waals surface area contributed by atoms with E-state index in [1.165, 1.54) is 35.9 Å². The molecule has 0 aliphatic heterocycles. The summed E-state index contributed by atoms with van der Waals surface area (Å²) in [6.07, 6.45) is 1.53. The number of hydrogen-bond donors (Lipinski definition) is 1. The molecule has 4 rings (SSSR count). The molecule has 0 atom stereocenters. The van der Waals surface area contributed by atoms with E-state index in [9.17, 15) is 13.2 Å². The van der Waals surface area contributed by atoms with Gasteiger partial charge < -0.3 is 14.5 Å². The van der Waals surface area contributed by atoms with Gasteiger partial charge in [0.1, 0.15) is 11.4 Å². The Morgan fingerprint density at radius 2 is 1.94 bits per heavy atom. The quantitative estimate of drug-likeness (QED) is 0.393. The molecule has 3 heterocycles. The molecule has 0 saturated carbocycles. The summed E-state index contributed by atoms with van der Waals surface area (Å²) >= 11 is 0. The molecule has 184 valence electrons. The van der Waals surface area contributed by atoms with Crippen LogP contribution in [-0.4, -0.2) is 53.6 Å². The molecule has 0 saturated heterocycles. The standard InChI is InChI=1S/C24H27N5O5S/c1-6-29(7-2)35(31,32)16-10-11-20(33-5)18(13-16)26-24(30)17-14-19(21-9-8-12-34-21)25-23-22(17)15(3)27-28(23)4/h8-14H,6-7H2,1-5H3,(H,26,30). The van der Waals surface area contributed by atoms with Crippen molar-refractivity contribution in [2.75, 3.05) is 25.5 Å². The van der Waals surface area contributed by atoms with E-state index in [0.29, 0.717) is 52.6 Å². The third-order valence-corrected chi connectivity index (χ3v) is 7.80. The van der Waals surface area contributed by atoms with Crippen LogP contribution in [0.4, 0.5) is 5.69 Å². The number of benzene rings is 1. The van der Waals surface area contributed by atoms with Gasteiger partial charge >= 0.3 is 0 Å². The number of fused-ring (bicyclic) bond motifs is 1. The lowest BCUT2D eigenvalue weighted by Gasteiger charge is -2.19. The molecule has 0 spiro atoms. The third-order valence-electron chi connectivity index (χ3n) is 5.75. The smallest absolute Gasteiger partial charge is 0.256 e. The van der Waals surface area contributed by atoms with Gasteiger partial charge in [-0.1, -0.05) is 13.8 Å². The molecular weight excluding hydrogens is 470 g/mol. The SMILES string of the molecule is CCN(CC)S(=O)(=O)c1ccc(OC)c(NC(=O)c2cc(-c3ccco3)nc3c2c(C)nn3C)c1. The number of aryl methyl sites for hydroxylation is 2. The van der Waals surface area contributed by atoms with Crippen molar-refractivity contribution in [1.29, 1.82) is 0 Å². The fourth-order valence-electron chi connectivity index (χ4n) is 4.02. The number of hydrogen-bond acceptors (Lipinski definition) is 7. The Hall–Kier alpha value is -3.70. The minimum Gasteiger partial charge on any atom is -0.495 e. The summed E-state index contributed by atoms with van der Waals surface area (Å²) in [6.45, 7) is 6.00. The average Bonchev–Trinajstić information content (AvgIpc) is 3.47. The molecule has 3 aromatic heterocycles. The van der Waals surface area contributed by atoms with Gasteiger partial charge in [0.2, 0.25) is 10.0 Å². The molecule has 4 aromatic rings. The van der Waals surface area contributed by atoms with Crippen molar-refractivity contribution in [3.63, 3.8) is 0 Å². The molecular formula is C24H27N5O5S. The van der Waals surface area contributed by atoms with Crippen molar-refractivity contribution >= 4 is 32.7 Å². The van der Waals surface area contributed by atoms with Gasteiger partial charge in [-0.05, 0) is 43.3 Å². The highest BCUT2D eigenvalue weighted by molar-refractivity contribution is 7.89. The number of nitrogens with one attached hydrogen (secondary N) is 1. The Morgan fingerprint density at radius 3 is 2.57 bits per heavy atom. The number of carbonyl (C=O) groups is 1. The Morgan fingerprint density at radius 1 is 1.20 bits per heavy atom. The third kappa shape index (κ3) is 4.40. The first kappa shape index (κ1) is 24.4. The maximum Gasteiger partial charge on any atom is 0.256 e. The number of amides is 1. The van der Waals surface area contributed by atoms with Crippen LogP contribution in [0.5, 0.6) is 5.75 Å². The van der Waals surface area contributed by atoms with E-state index in [1.807, 2.05) is 0 Å². The van der Waals surface area contributed by atoms with Crippen molar-refractivity contribution in [1.82, 2.24) is 19.1 Å². The number of rotatable bonds is 8. The molecule has 10 nitrogen and oxygen atoms in total. The van der Waals surface area contributed by atoms with Crippen LogP contribution in [0.2, 0.25) is 0 Å². The topological polar surface area (TPSA) is 120 Å². The molecule has 0 bridgehead atoms. The molecule has 0 unspecified atom stereocenters. The molecule has 0 aliphatic carbocycles. The minimum absolute atomic E-state index is 0.0611. The normalized spacial score (nSPS) is 11.8. The lowest BCUT2D eigenvalue weighted by Crippen LogP contribution is -2.30. The highest BCUT2D eigenvalue weighted by Crippen LogP contribution is 2.32. The fourth-order valence-corrected chi connectivity index (χ4v) is 5.51. The van der Waals surface area contributed by atoms with Crippen molar-refractivity contribution in [3.8, 4) is 17.2 Å². The van der Waals surface area contributed by atoms with Crippen molar-refractivity contribution in [2.24, 2.45) is 7.05 Å². The van der Waals surface area contributed by atoms with Crippen LogP contribution in [0.25, 0.3) is 22.5 Å². The average molecular weight is 498 g/mol. The molecule has 1 amide bonds. The van der Waals surface area contributed by atoms with E-state index in [2.05, 4.69) is 15.4 Å². The molecule has 1 aromatic carbocycles. The molecule has 1 N–H and O–H groups in total. The summed E-state index contributed by atoms with van der Waals surface area (Å²) in [7, 11) is -0.529. The Bertz CT molecular complexity index is 1490. The molecule has 0 radical (unpaired) electrons. The second kappa shape index (κ2) is 9.51. The maximum absolute atomic E-state index is 13.6. The zero-order valence-corrected chi connectivity index (χ0v) is 21.0. The van der Waals surface area contributed by atoms with Gasteiger partial charge in [0.15, 0.2) is 11.4 Å². The number of carbonyl (C=O) groups excluding carboxylic acids is 1. The summed E-state index contributed by atoms with van der Waals surface area (Å²) in [5, 5.41) is 7.83.